The minimum atomic E-state index is -2.80. The van der Waals surface area contributed by atoms with E-state index in [4.69, 9.17) is 5.73 Å². The monoisotopic (exact) mass is 187 g/mol. The van der Waals surface area contributed by atoms with Crippen molar-refractivity contribution < 1.29 is 13.5 Å². The molecule has 2 N–H and O–H groups in total. The Morgan fingerprint density at radius 1 is 1.46 bits per heavy atom. The van der Waals surface area contributed by atoms with E-state index in [0.29, 0.717) is 5.56 Å². The SMILES string of the molecule is Cc1ccc(CN)c(OC(F)F)c1. The van der Waals surface area contributed by atoms with Gasteiger partial charge < -0.3 is 10.5 Å². The minimum Gasteiger partial charge on any atom is -0.434 e. The molecule has 0 amide bonds. The summed E-state index contributed by atoms with van der Waals surface area (Å²) in [5, 5.41) is 0. The van der Waals surface area contributed by atoms with Gasteiger partial charge in [0.2, 0.25) is 0 Å². The Morgan fingerprint density at radius 3 is 2.69 bits per heavy atom. The molecule has 0 bridgehead atoms. The van der Waals surface area contributed by atoms with Gasteiger partial charge in [-0.1, -0.05) is 12.1 Å². The topological polar surface area (TPSA) is 35.2 Å². The molecule has 0 aliphatic carbocycles. The zero-order chi connectivity index (χ0) is 9.84. The molecule has 4 heteroatoms. The molecule has 1 aromatic carbocycles. The number of ether oxygens (including phenoxy) is 1. The molecule has 0 atom stereocenters. The van der Waals surface area contributed by atoms with Gasteiger partial charge >= 0.3 is 6.61 Å². The van der Waals surface area contributed by atoms with Gasteiger partial charge in [-0.2, -0.15) is 8.78 Å². The molecule has 0 saturated heterocycles. The third-order valence-corrected chi connectivity index (χ3v) is 1.66. The molecule has 0 spiro atoms. The van der Waals surface area contributed by atoms with Gasteiger partial charge in [-0.05, 0) is 18.6 Å². The van der Waals surface area contributed by atoms with Crippen molar-refractivity contribution in [3.05, 3.63) is 29.3 Å². The van der Waals surface area contributed by atoms with Gasteiger partial charge in [-0.25, -0.2) is 0 Å². The summed E-state index contributed by atoms with van der Waals surface area (Å²) < 4.78 is 28.1. The summed E-state index contributed by atoms with van der Waals surface area (Å²) >= 11 is 0. The van der Waals surface area contributed by atoms with Crippen LogP contribution in [-0.4, -0.2) is 6.61 Å². The predicted octanol–water partition coefficient (Wildman–Crippen LogP) is 2.06. The van der Waals surface area contributed by atoms with Gasteiger partial charge in [-0.15, -0.1) is 0 Å². The summed E-state index contributed by atoms with van der Waals surface area (Å²) in [4.78, 5) is 0. The first-order chi connectivity index (χ1) is 6.13. The second-order valence-electron chi connectivity index (χ2n) is 2.69. The Balaban J connectivity index is 2.94. The fourth-order valence-corrected chi connectivity index (χ4v) is 1.04. The van der Waals surface area contributed by atoms with Crippen molar-refractivity contribution in [2.75, 3.05) is 0 Å². The number of alkyl halides is 2. The maximum atomic E-state index is 11.9. The highest BCUT2D eigenvalue weighted by Gasteiger charge is 2.08. The van der Waals surface area contributed by atoms with Gasteiger partial charge in [0.1, 0.15) is 5.75 Å². The molecule has 1 rings (SSSR count). The first-order valence-electron chi connectivity index (χ1n) is 3.88. The summed E-state index contributed by atoms with van der Waals surface area (Å²) in [6, 6.07) is 5.04. The summed E-state index contributed by atoms with van der Waals surface area (Å²) in [5.74, 6) is 0.164. The van der Waals surface area contributed by atoms with Crippen molar-refractivity contribution in [2.45, 2.75) is 20.1 Å². The van der Waals surface area contributed by atoms with E-state index < -0.39 is 6.61 Å². The highest BCUT2D eigenvalue weighted by Crippen LogP contribution is 2.21. The summed E-state index contributed by atoms with van der Waals surface area (Å²) in [6.07, 6.45) is 0. The van der Waals surface area contributed by atoms with E-state index >= 15 is 0 Å². The Morgan fingerprint density at radius 2 is 2.15 bits per heavy atom. The van der Waals surface area contributed by atoms with Gasteiger partial charge in [-0.3, -0.25) is 0 Å². The van der Waals surface area contributed by atoms with E-state index in [-0.39, 0.29) is 12.3 Å². The number of halogens is 2. The van der Waals surface area contributed by atoms with Gasteiger partial charge in [0, 0.05) is 12.1 Å². The van der Waals surface area contributed by atoms with Crippen LogP contribution in [0.25, 0.3) is 0 Å². The molecule has 0 saturated carbocycles. The maximum absolute atomic E-state index is 11.9. The third-order valence-electron chi connectivity index (χ3n) is 1.66. The van der Waals surface area contributed by atoms with Gasteiger partial charge in [0.15, 0.2) is 0 Å². The van der Waals surface area contributed by atoms with E-state index in [1.807, 2.05) is 0 Å². The first-order valence-corrected chi connectivity index (χ1v) is 3.88. The lowest BCUT2D eigenvalue weighted by Gasteiger charge is -2.09. The fourth-order valence-electron chi connectivity index (χ4n) is 1.04. The Hall–Kier alpha value is -1.16. The van der Waals surface area contributed by atoms with Gasteiger partial charge in [0.05, 0.1) is 0 Å². The van der Waals surface area contributed by atoms with Crippen molar-refractivity contribution in [1.29, 1.82) is 0 Å². The molecule has 13 heavy (non-hydrogen) atoms. The Labute approximate surface area is 75.3 Å². The quantitative estimate of drug-likeness (QED) is 0.786. The summed E-state index contributed by atoms with van der Waals surface area (Å²) in [7, 11) is 0. The Kier molecular flexibility index (Phi) is 3.19. The van der Waals surface area contributed by atoms with E-state index in [1.165, 1.54) is 0 Å². The van der Waals surface area contributed by atoms with Crippen LogP contribution in [0, 0.1) is 6.92 Å². The van der Waals surface area contributed by atoms with Crippen molar-refractivity contribution in [2.24, 2.45) is 5.73 Å². The molecule has 72 valence electrons. The Bertz CT molecular complexity index is 289. The lowest BCUT2D eigenvalue weighted by molar-refractivity contribution is -0.0504. The van der Waals surface area contributed by atoms with Crippen LogP contribution in [0.1, 0.15) is 11.1 Å². The second-order valence-corrected chi connectivity index (χ2v) is 2.69. The molecular weight excluding hydrogens is 176 g/mol. The van der Waals surface area contributed by atoms with E-state index in [1.54, 1.807) is 25.1 Å². The minimum absolute atomic E-state index is 0.164. The van der Waals surface area contributed by atoms with Crippen LogP contribution in [0.3, 0.4) is 0 Å². The van der Waals surface area contributed by atoms with E-state index in [9.17, 15) is 8.78 Å². The molecule has 0 unspecified atom stereocenters. The number of rotatable bonds is 3. The highest BCUT2D eigenvalue weighted by molar-refractivity contribution is 5.36. The predicted molar refractivity (Wildman–Crippen MR) is 45.7 cm³/mol. The number of benzene rings is 1. The molecule has 0 fully saturated rings. The lowest BCUT2D eigenvalue weighted by atomic mass is 10.1. The van der Waals surface area contributed by atoms with Crippen LogP contribution in [0.2, 0.25) is 0 Å². The fraction of sp³-hybridized carbons (Fsp3) is 0.333. The van der Waals surface area contributed by atoms with E-state index in [2.05, 4.69) is 4.74 Å². The van der Waals surface area contributed by atoms with Crippen molar-refractivity contribution >= 4 is 0 Å². The van der Waals surface area contributed by atoms with Crippen LogP contribution in [-0.2, 0) is 6.54 Å². The molecule has 1 aromatic rings. The molecule has 0 heterocycles. The van der Waals surface area contributed by atoms with Crippen LogP contribution in [0.15, 0.2) is 18.2 Å². The average Bonchev–Trinajstić information content (AvgIpc) is 2.03. The number of aryl methyl sites for hydroxylation is 1. The number of hydrogen-bond acceptors (Lipinski definition) is 2. The number of hydrogen-bond donors (Lipinski definition) is 1. The molecule has 0 radical (unpaired) electrons. The van der Waals surface area contributed by atoms with Crippen molar-refractivity contribution in [1.82, 2.24) is 0 Å². The van der Waals surface area contributed by atoms with Crippen LogP contribution in [0.4, 0.5) is 8.78 Å². The number of nitrogens with two attached hydrogens (primary N) is 1. The smallest absolute Gasteiger partial charge is 0.387 e. The molecule has 0 aromatic heterocycles. The summed E-state index contributed by atoms with van der Waals surface area (Å²) in [5.41, 5.74) is 6.81. The largest absolute Gasteiger partial charge is 0.434 e. The zero-order valence-corrected chi connectivity index (χ0v) is 7.26. The zero-order valence-electron chi connectivity index (χ0n) is 7.26. The lowest BCUT2D eigenvalue weighted by Crippen LogP contribution is -2.07. The third kappa shape index (κ3) is 2.66. The van der Waals surface area contributed by atoms with Crippen LogP contribution < -0.4 is 10.5 Å². The van der Waals surface area contributed by atoms with Crippen LogP contribution in [0.5, 0.6) is 5.75 Å². The van der Waals surface area contributed by atoms with Gasteiger partial charge in [0.25, 0.3) is 0 Å². The van der Waals surface area contributed by atoms with E-state index in [0.717, 1.165) is 5.56 Å². The highest BCUT2D eigenvalue weighted by atomic mass is 19.3. The van der Waals surface area contributed by atoms with Crippen LogP contribution >= 0.6 is 0 Å². The average molecular weight is 187 g/mol. The second kappa shape index (κ2) is 4.18. The van der Waals surface area contributed by atoms with Crippen molar-refractivity contribution in [3.8, 4) is 5.75 Å². The standard InChI is InChI=1S/C9H11F2NO/c1-6-2-3-7(5-12)8(4-6)13-9(10)11/h2-4,9H,5,12H2,1H3. The van der Waals surface area contributed by atoms with Crippen molar-refractivity contribution in [3.63, 3.8) is 0 Å². The molecule has 0 aliphatic rings. The normalized spacial score (nSPS) is 10.5. The molecule has 0 aliphatic heterocycles. The molecule has 2 nitrogen and oxygen atoms in total. The first kappa shape index (κ1) is 9.92. The summed E-state index contributed by atoms with van der Waals surface area (Å²) in [6.45, 7) is -0.798. The molecular formula is C9H11F2NO. The maximum Gasteiger partial charge on any atom is 0.387 e.